The molecule has 0 bridgehead atoms. The monoisotopic (exact) mass is 277 g/mol. The van der Waals surface area contributed by atoms with Crippen molar-refractivity contribution in [3.05, 3.63) is 29.8 Å². The van der Waals surface area contributed by atoms with E-state index in [1.165, 1.54) is 0 Å². The number of amides is 1. The van der Waals surface area contributed by atoms with Crippen LogP contribution < -0.4 is 10.5 Å². The molecule has 1 aliphatic rings. The van der Waals surface area contributed by atoms with Crippen LogP contribution in [0.2, 0.25) is 0 Å². The van der Waals surface area contributed by atoms with Crippen LogP contribution in [0.25, 0.3) is 0 Å². The molecule has 1 amide bonds. The Balaban J connectivity index is 1.97. The van der Waals surface area contributed by atoms with Crippen molar-refractivity contribution < 1.29 is 14.7 Å². The van der Waals surface area contributed by atoms with Crippen molar-refractivity contribution in [2.75, 3.05) is 13.1 Å². The second-order valence-corrected chi connectivity index (χ2v) is 4.68. The van der Waals surface area contributed by atoms with E-state index in [0.717, 1.165) is 11.3 Å². The minimum absolute atomic E-state index is 0.0607. The molecular weight excluding hydrogens is 258 g/mol. The Bertz CT molecular complexity index is 491. The van der Waals surface area contributed by atoms with E-state index in [1.54, 1.807) is 4.90 Å². The number of hydrogen-bond donors (Lipinski definition) is 2. The van der Waals surface area contributed by atoms with Gasteiger partial charge in [0, 0.05) is 25.9 Å². The minimum atomic E-state index is -0.473. The van der Waals surface area contributed by atoms with Crippen LogP contribution in [0.15, 0.2) is 29.4 Å². The molecule has 20 heavy (non-hydrogen) atoms. The van der Waals surface area contributed by atoms with Gasteiger partial charge in [-0.25, -0.2) is 0 Å². The first kappa shape index (κ1) is 14.2. The number of fused-ring (bicyclic) bond motifs is 1. The smallest absolute Gasteiger partial charge is 0.263 e. The predicted molar refractivity (Wildman–Crippen MR) is 74.8 cm³/mol. The number of amidine groups is 1. The van der Waals surface area contributed by atoms with Crippen molar-refractivity contribution in [1.29, 1.82) is 0 Å². The van der Waals surface area contributed by atoms with E-state index >= 15 is 0 Å². The summed E-state index contributed by atoms with van der Waals surface area (Å²) in [6, 6.07) is 7.66. The van der Waals surface area contributed by atoms with E-state index in [4.69, 9.17) is 15.7 Å². The molecule has 108 valence electrons. The summed E-state index contributed by atoms with van der Waals surface area (Å²) in [6.07, 6.45) is 0.463. The third-order valence-electron chi connectivity index (χ3n) is 3.38. The van der Waals surface area contributed by atoms with Crippen molar-refractivity contribution in [2.24, 2.45) is 10.9 Å². The van der Waals surface area contributed by atoms with Gasteiger partial charge in [0.15, 0.2) is 6.10 Å². The molecule has 0 aromatic heterocycles. The van der Waals surface area contributed by atoms with E-state index in [1.807, 2.05) is 31.2 Å². The first-order valence-electron chi connectivity index (χ1n) is 6.65. The molecule has 1 heterocycles. The van der Waals surface area contributed by atoms with Crippen molar-refractivity contribution in [2.45, 2.75) is 25.9 Å². The molecule has 6 heteroatoms. The summed E-state index contributed by atoms with van der Waals surface area (Å²) in [6.45, 7) is 2.88. The SMILES string of the molecule is CCN(CCC(N)=NO)C(=O)C1Cc2ccccc2O1. The highest BCUT2D eigenvalue weighted by atomic mass is 16.5. The third kappa shape index (κ3) is 3.01. The van der Waals surface area contributed by atoms with Crippen LogP contribution >= 0.6 is 0 Å². The standard InChI is InChI=1S/C14H19N3O3/c1-2-17(8-7-13(15)16-19)14(18)12-9-10-5-3-4-6-11(10)20-12/h3-6,12,19H,2,7-9H2,1H3,(H2,15,16). The summed E-state index contributed by atoms with van der Waals surface area (Å²) < 4.78 is 5.68. The van der Waals surface area contributed by atoms with Gasteiger partial charge in [-0.2, -0.15) is 0 Å². The summed E-state index contributed by atoms with van der Waals surface area (Å²) in [4.78, 5) is 14.1. The van der Waals surface area contributed by atoms with E-state index in [0.29, 0.717) is 25.9 Å². The molecule has 6 nitrogen and oxygen atoms in total. The molecule has 1 aliphatic heterocycles. The number of hydrogen-bond acceptors (Lipinski definition) is 4. The number of rotatable bonds is 5. The van der Waals surface area contributed by atoms with Crippen LogP contribution in [0, 0.1) is 0 Å². The van der Waals surface area contributed by atoms with Crippen LogP contribution in [0.5, 0.6) is 5.75 Å². The Morgan fingerprint density at radius 3 is 2.95 bits per heavy atom. The highest BCUT2D eigenvalue weighted by Crippen LogP contribution is 2.28. The molecule has 3 N–H and O–H groups in total. The number of carbonyl (C=O) groups excluding carboxylic acids is 1. The van der Waals surface area contributed by atoms with E-state index in [-0.39, 0.29) is 11.7 Å². The van der Waals surface area contributed by atoms with E-state index in [9.17, 15) is 4.79 Å². The van der Waals surface area contributed by atoms with Crippen LogP contribution in [-0.2, 0) is 11.2 Å². The molecule has 1 atom stereocenters. The largest absolute Gasteiger partial charge is 0.480 e. The third-order valence-corrected chi connectivity index (χ3v) is 3.38. The topological polar surface area (TPSA) is 88.1 Å². The molecule has 2 rings (SSSR count). The zero-order valence-electron chi connectivity index (χ0n) is 11.5. The Kier molecular flexibility index (Phi) is 4.45. The summed E-state index contributed by atoms with van der Waals surface area (Å²) in [5.74, 6) is 0.833. The predicted octanol–water partition coefficient (Wildman–Crippen LogP) is 0.975. The van der Waals surface area contributed by atoms with Crippen molar-refractivity contribution in [1.82, 2.24) is 4.90 Å². The van der Waals surface area contributed by atoms with E-state index < -0.39 is 6.10 Å². The van der Waals surface area contributed by atoms with Gasteiger partial charge in [-0.3, -0.25) is 4.79 Å². The van der Waals surface area contributed by atoms with Gasteiger partial charge in [0.1, 0.15) is 11.6 Å². The molecule has 1 aromatic rings. The molecular formula is C14H19N3O3. The zero-order valence-corrected chi connectivity index (χ0v) is 11.5. The lowest BCUT2D eigenvalue weighted by atomic mass is 10.1. The van der Waals surface area contributed by atoms with Crippen LogP contribution in [0.3, 0.4) is 0 Å². The highest BCUT2D eigenvalue weighted by Gasteiger charge is 2.31. The summed E-state index contributed by atoms with van der Waals surface area (Å²) in [5, 5.41) is 11.4. The van der Waals surface area contributed by atoms with Crippen LogP contribution in [0.4, 0.5) is 0 Å². The van der Waals surface area contributed by atoms with Gasteiger partial charge in [-0.05, 0) is 18.6 Å². The molecule has 1 unspecified atom stereocenters. The van der Waals surface area contributed by atoms with Crippen LogP contribution in [-0.4, -0.2) is 41.0 Å². The average Bonchev–Trinajstić information content (AvgIpc) is 2.91. The Morgan fingerprint density at radius 2 is 2.30 bits per heavy atom. The quantitative estimate of drug-likeness (QED) is 0.363. The number of nitrogens with two attached hydrogens (primary N) is 1. The van der Waals surface area contributed by atoms with Crippen molar-refractivity contribution in [3.8, 4) is 5.75 Å². The van der Waals surface area contributed by atoms with Crippen molar-refractivity contribution in [3.63, 3.8) is 0 Å². The molecule has 0 fully saturated rings. The maximum atomic E-state index is 12.4. The minimum Gasteiger partial charge on any atom is -0.480 e. The molecule has 0 spiro atoms. The lowest BCUT2D eigenvalue weighted by molar-refractivity contribution is -0.137. The van der Waals surface area contributed by atoms with Gasteiger partial charge in [0.05, 0.1) is 0 Å². The van der Waals surface area contributed by atoms with Gasteiger partial charge in [0.2, 0.25) is 0 Å². The highest BCUT2D eigenvalue weighted by molar-refractivity contribution is 5.84. The van der Waals surface area contributed by atoms with Gasteiger partial charge < -0.3 is 20.6 Å². The van der Waals surface area contributed by atoms with Crippen molar-refractivity contribution >= 4 is 11.7 Å². The Hall–Kier alpha value is -2.24. The lowest BCUT2D eigenvalue weighted by Crippen LogP contribution is -2.42. The number of oxime groups is 1. The normalized spacial score (nSPS) is 17.4. The fourth-order valence-corrected chi connectivity index (χ4v) is 2.25. The fourth-order valence-electron chi connectivity index (χ4n) is 2.25. The molecule has 1 aromatic carbocycles. The second kappa shape index (κ2) is 6.27. The second-order valence-electron chi connectivity index (χ2n) is 4.68. The zero-order chi connectivity index (χ0) is 14.5. The number of ether oxygens (including phenoxy) is 1. The summed E-state index contributed by atoms with van der Waals surface area (Å²) in [7, 11) is 0. The number of likely N-dealkylation sites (N-methyl/N-ethyl adjacent to an activating group) is 1. The van der Waals surface area contributed by atoms with Gasteiger partial charge in [-0.1, -0.05) is 23.4 Å². The molecule has 0 saturated heterocycles. The Labute approximate surface area is 117 Å². The lowest BCUT2D eigenvalue weighted by Gasteiger charge is -2.23. The maximum Gasteiger partial charge on any atom is 0.263 e. The number of para-hydroxylation sites is 1. The van der Waals surface area contributed by atoms with E-state index in [2.05, 4.69) is 5.16 Å². The number of carbonyl (C=O) groups is 1. The fraction of sp³-hybridized carbons (Fsp3) is 0.429. The summed E-state index contributed by atoms with van der Waals surface area (Å²) in [5.41, 5.74) is 6.48. The van der Waals surface area contributed by atoms with Crippen LogP contribution in [0.1, 0.15) is 18.9 Å². The van der Waals surface area contributed by atoms with Gasteiger partial charge in [-0.15, -0.1) is 0 Å². The summed E-state index contributed by atoms with van der Waals surface area (Å²) >= 11 is 0. The first-order chi connectivity index (χ1) is 9.65. The molecule has 0 saturated carbocycles. The van der Waals surface area contributed by atoms with Gasteiger partial charge in [0.25, 0.3) is 5.91 Å². The maximum absolute atomic E-state index is 12.4. The number of benzene rings is 1. The first-order valence-corrected chi connectivity index (χ1v) is 6.65. The molecule has 0 aliphatic carbocycles. The Morgan fingerprint density at radius 1 is 1.55 bits per heavy atom. The molecule has 0 radical (unpaired) electrons. The van der Waals surface area contributed by atoms with Gasteiger partial charge >= 0.3 is 0 Å². The average molecular weight is 277 g/mol. The number of nitrogens with zero attached hydrogens (tertiary/aromatic N) is 2.